The Balaban J connectivity index is 1.46. The molecule has 0 saturated heterocycles. The van der Waals surface area contributed by atoms with Crippen molar-refractivity contribution < 1.29 is 9.47 Å². The highest BCUT2D eigenvalue weighted by Crippen LogP contribution is 2.35. The van der Waals surface area contributed by atoms with E-state index in [1.165, 1.54) is 0 Å². The smallest absolute Gasteiger partial charge is 0.316 e. The van der Waals surface area contributed by atoms with E-state index in [9.17, 15) is 0 Å². The highest BCUT2D eigenvalue weighted by molar-refractivity contribution is 6.32. The normalized spacial score (nSPS) is 14.2. The van der Waals surface area contributed by atoms with E-state index in [1.807, 2.05) is 24.4 Å². The Hall–Kier alpha value is -3.23. The molecule has 0 saturated carbocycles. The number of nitrogens with zero attached hydrogens (tertiary/aromatic N) is 6. The second-order valence-corrected chi connectivity index (χ2v) is 7.45. The van der Waals surface area contributed by atoms with Crippen molar-refractivity contribution in [2.24, 2.45) is 0 Å². The average molecular weight is 423 g/mol. The third kappa shape index (κ3) is 3.55. The van der Waals surface area contributed by atoms with Gasteiger partial charge in [-0.1, -0.05) is 11.6 Å². The third-order valence-corrected chi connectivity index (χ3v) is 5.35. The van der Waals surface area contributed by atoms with E-state index >= 15 is 0 Å². The molecule has 152 valence electrons. The van der Waals surface area contributed by atoms with Gasteiger partial charge < -0.3 is 14.0 Å². The third-order valence-electron chi connectivity index (χ3n) is 5.07. The summed E-state index contributed by atoms with van der Waals surface area (Å²) in [5.41, 5.74) is 4.81. The molecule has 4 heterocycles. The van der Waals surface area contributed by atoms with E-state index in [4.69, 9.17) is 21.1 Å². The topological polar surface area (TPSA) is 78.2 Å². The maximum atomic E-state index is 6.61. The van der Waals surface area contributed by atoms with Gasteiger partial charge in [0.2, 0.25) is 0 Å². The molecule has 3 aromatic heterocycles. The standard InChI is InChI=1S/C21H19ClN6O2/c1-29-21-23-10-14(11-24-21)12-27-6-7-30-20-15(13-27)8-16(9-17(20)22)28-5-3-18-19(28)2-4-25-26-18/h2-5,8-11H,6-7,12-13H2,1H3. The number of methoxy groups -OCH3 is 1. The highest BCUT2D eigenvalue weighted by atomic mass is 35.5. The molecular formula is C21H19ClN6O2. The number of ether oxygens (including phenoxy) is 2. The molecular weight excluding hydrogens is 404 g/mol. The van der Waals surface area contributed by atoms with Gasteiger partial charge in [0.25, 0.3) is 0 Å². The van der Waals surface area contributed by atoms with Gasteiger partial charge in [-0.2, -0.15) is 5.10 Å². The number of rotatable bonds is 4. The summed E-state index contributed by atoms with van der Waals surface area (Å²) in [5.74, 6) is 0.741. The van der Waals surface area contributed by atoms with Crippen LogP contribution in [0.1, 0.15) is 11.1 Å². The van der Waals surface area contributed by atoms with Gasteiger partial charge >= 0.3 is 6.01 Å². The molecule has 30 heavy (non-hydrogen) atoms. The molecule has 1 aromatic carbocycles. The minimum Gasteiger partial charge on any atom is -0.490 e. The van der Waals surface area contributed by atoms with Crippen LogP contribution in [0.4, 0.5) is 0 Å². The van der Waals surface area contributed by atoms with Crippen molar-refractivity contribution in [1.82, 2.24) is 29.6 Å². The largest absolute Gasteiger partial charge is 0.490 e. The first-order chi connectivity index (χ1) is 14.7. The van der Waals surface area contributed by atoms with Gasteiger partial charge in [0.1, 0.15) is 17.9 Å². The van der Waals surface area contributed by atoms with Crippen LogP contribution in [-0.4, -0.2) is 49.9 Å². The lowest BCUT2D eigenvalue weighted by molar-refractivity contribution is 0.219. The second-order valence-electron chi connectivity index (χ2n) is 7.04. The van der Waals surface area contributed by atoms with E-state index in [2.05, 4.69) is 35.7 Å². The quantitative estimate of drug-likeness (QED) is 0.499. The van der Waals surface area contributed by atoms with E-state index in [0.29, 0.717) is 30.7 Å². The Kier molecular flexibility index (Phi) is 4.94. The Morgan fingerprint density at radius 3 is 2.90 bits per heavy atom. The Morgan fingerprint density at radius 1 is 1.20 bits per heavy atom. The Bertz CT molecular complexity index is 1190. The van der Waals surface area contributed by atoms with Gasteiger partial charge in [0.15, 0.2) is 0 Å². The molecule has 4 aromatic rings. The molecule has 0 radical (unpaired) electrons. The van der Waals surface area contributed by atoms with Crippen LogP contribution >= 0.6 is 11.6 Å². The molecule has 0 spiro atoms. The fourth-order valence-electron chi connectivity index (χ4n) is 3.68. The zero-order valence-electron chi connectivity index (χ0n) is 16.3. The molecule has 0 aliphatic carbocycles. The lowest BCUT2D eigenvalue weighted by Crippen LogP contribution is -2.25. The zero-order valence-corrected chi connectivity index (χ0v) is 17.1. The van der Waals surface area contributed by atoms with E-state index < -0.39 is 0 Å². The minimum absolute atomic E-state index is 0.364. The molecule has 9 heteroatoms. The molecule has 0 unspecified atom stereocenters. The molecule has 0 N–H and O–H groups in total. The van der Waals surface area contributed by atoms with Gasteiger partial charge in [-0.3, -0.25) is 4.90 Å². The van der Waals surface area contributed by atoms with Crippen molar-refractivity contribution in [3.8, 4) is 17.4 Å². The summed E-state index contributed by atoms with van der Waals surface area (Å²) in [7, 11) is 1.56. The van der Waals surface area contributed by atoms with Crippen LogP contribution < -0.4 is 9.47 Å². The Morgan fingerprint density at radius 2 is 2.07 bits per heavy atom. The fourth-order valence-corrected chi connectivity index (χ4v) is 3.97. The first kappa shape index (κ1) is 18.8. The molecule has 8 nitrogen and oxygen atoms in total. The Labute approximate surface area is 178 Å². The molecule has 0 atom stereocenters. The lowest BCUT2D eigenvalue weighted by Gasteiger charge is -2.19. The zero-order chi connectivity index (χ0) is 20.5. The van der Waals surface area contributed by atoms with Crippen LogP contribution in [0.5, 0.6) is 11.8 Å². The highest BCUT2D eigenvalue weighted by Gasteiger charge is 2.20. The van der Waals surface area contributed by atoms with Crippen molar-refractivity contribution in [2.75, 3.05) is 20.3 Å². The number of hydrogen-bond acceptors (Lipinski definition) is 7. The van der Waals surface area contributed by atoms with Gasteiger partial charge in [0.05, 0.1) is 23.8 Å². The van der Waals surface area contributed by atoms with Crippen LogP contribution in [0, 0.1) is 0 Å². The molecule has 0 bridgehead atoms. The van der Waals surface area contributed by atoms with Crippen molar-refractivity contribution in [3.05, 3.63) is 65.2 Å². The maximum Gasteiger partial charge on any atom is 0.316 e. The first-order valence-corrected chi connectivity index (χ1v) is 9.90. The summed E-state index contributed by atoms with van der Waals surface area (Å²) in [6.07, 6.45) is 7.23. The number of benzene rings is 1. The molecule has 1 aliphatic rings. The minimum atomic E-state index is 0.364. The average Bonchev–Trinajstić information content (AvgIpc) is 3.09. The van der Waals surface area contributed by atoms with Crippen molar-refractivity contribution in [3.63, 3.8) is 0 Å². The molecule has 5 rings (SSSR count). The van der Waals surface area contributed by atoms with Crippen LogP contribution in [-0.2, 0) is 13.1 Å². The summed E-state index contributed by atoms with van der Waals surface area (Å²) in [6.45, 7) is 2.74. The van der Waals surface area contributed by atoms with Crippen molar-refractivity contribution >= 4 is 22.6 Å². The second kappa shape index (κ2) is 7.89. The molecule has 0 amide bonds. The molecule has 1 aliphatic heterocycles. The predicted molar refractivity (Wildman–Crippen MR) is 112 cm³/mol. The number of aromatic nitrogens is 5. The van der Waals surface area contributed by atoms with Crippen LogP contribution in [0.3, 0.4) is 0 Å². The summed E-state index contributed by atoms with van der Waals surface area (Å²) in [6, 6.07) is 8.28. The fraction of sp³-hybridized carbons (Fsp3) is 0.238. The first-order valence-electron chi connectivity index (χ1n) is 9.53. The van der Waals surface area contributed by atoms with Gasteiger partial charge in [-0.05, 0) is 24.3 Å². The lowest BCUT2D eigenvalue weighted by atomic mass is 10.1. The number of fused-ring (bicyclic) bond motifs is 2. The summed E-state index contributed by atoms with van der Waals surface area (Å²) in [5, 5.41) is 8.71. The monoisotopic (exact) mass is 422 g/mol. The van der Waals surface area contributed by atoms with E-state index in [-0.39, 0.29) is 0 Å². The predicted octanol–water partition coefficient (Wildman–Crippen LogP) is 3.27. The van der Waals surface area contributed by atoms with Crippen molar-refractivity contribution in [2.45, 2.75) is 13.1 Å². The van der Waals surface area contributed by atoms with Crippen LogP contribution in [0.15, 0.2) is 49.1 Å². The summed E-state index contributed by atoms with van der Waals surface area (Å²) >= 11 is 6.61. The van der Waals surface area contributed by atoms with Crippen molar-refractivity contribution in [1.29, 1.82) is 0 Å². The summed E-state index contributed by atoms with van der Waals surface area (Å²) < 4.78 is 13.1. The summed E-state index contributed by atoms with van der Waals surface area (Å²) in [4.78, 5) is 10.7. The molecule has 0 fully saturated rings. The maximum absolute atomic E-state index is 6.61. The van der Waals surface area contributed by atoms with Gasteiger partial charge in [0, 0.05) is 55.0 Å². The van der Waals surface area contributed by atoms with Crippen LogP contribution in [0.2, 0.25) is 5.02 Å². The number of hydrogen-bond donors (Lipinski definition) is 0. The van der Waals surface area contributed by atoms with Crippen LogP contribution in [0.25, 0.3) is 16.7 Å². The van der Waals surface area contributed by atoms with E-state index in [1.54, 1.807) is 25.7 Å². The number of halogens is 1. The SMILES string of the molecule is COc1ncc(CN2CCOc3c(Cl)cc(-n4ccc5nnccc54)cc3C2)cn1. The van der Waals surface area contributed by atoms with Gasteiger partial charge in [-0.25, -0.2) is 9.97 Å². The van der Waals surface area contributed by atoms with Gasteiger partial charge in [-0.15, -0.1) is 5.10 Å². The van der Waals surface area contributed by atoms with E-state index in [0.717, 1.165) is 40.1 Å².